The summed E-state index contributed by atoms with van der Waals surface area (Å²) in [6.45, 7) is 3.49. The van der Waals surface area contributed by atoms with E-state index in [-0.39, 0.29) is 0 Å². The second kappa shape index (κ2) is 8.57. The van der Waals surface area contributed by atoms with Crippen molar-refractivity contribution in [2.75, 3.05) is 31.1 Å². The van der Waals surface area contributed by atoms with Crippen molar-refractivity contribution in [3.63, 3.8) is 0 Å². The van der Waals surface area contributed by atoms with Crippen LogP contribution in [0.25, 0.3) is 17.0 Å². The molecule has 1 saturated heterocycles. The molecular formula is C22H20Cl2N6O2S. The van der Waals surface area contributed by atoms with Crippen LogP contribution >= 0.6 is 23.2 Å². The zero-order chi connectivity index (χ0) is 23.2. The van der Waals surface area contributed by atoms with Crippen molar-refractivity contribution in [3.05, 3.63) is 70.3 Å². The molecule has 0 unspecified atom stereocenters. The topological polar surface area (TPSA) is 83.7 Å². The van der Waals surface area contributed by atoms with Gasteiger partial charge in [0.15, 0.2) is 0 Å². The molecule has 170 valence electrons. The molecule has 0 N–H and O–H groups in total. The lowest BCUT2D eigenvalue weighted by molar-refractivity contribution is 0.382. The molecule has 3 heterocycles. The van der Waals surface area contributed by atoms with Gasteiger partial charge in [-0.15, -0.1) is 5.10 Å². The van der Waals surface area contributed by atoms with Gasteiger partial charge in [0, 0.05) is 43.0 Å². The Morgan fingerprint density at radius 1 is 0.970 bits per heavy atom. The van der Waals surface area contributed by atoms with Gasteiger partial charge in [-0.2, -0.15) is 13.8 Å². The van der Waals surface area contributed by atoms with Crippen molar-refractivity contribution in [1.29, 1.82) is 0 Å². The van der Waals surface area contributed by atoms with Crippen LogP contribution in [-0.4, -0.2) is 58.5 Å². The van der Waals surface area contributed by atoms with Gasteiger partial charge >= 0.3 is 0 Å². The first-order valence-electron chi connectivity index (χ1n) is 10.3. The molecule has 0 atom stereocenters. The largest absolute Gasteiger partial charge is 0.337 e. The molecule has 11 heteroatoms. The molecule has 33 heavy (non-hydrogen) atoms. The van der Waals surface area contributed by atoms with Crippen LogP contribution < -0.4 is 4.90 Å². The molecule has 2 aromatic heterocycles. The van der Waals surface area contributed by atoms with Crippen LogP contribution in [0.15, 0.2) is 59.6 Å². The Hall–Kier alpha value is -2.72. The lowest BCUT2D eigenvalue weighted by Gasteiger charge is -2.33. The molecule has 1 fully saturated rings. The number of rotatable bonds is 4. The predicted molar refractivity (Wildman–Crippen MR) is 128 cm³/mol. The van der Waals surface area contributed by atoms with Crippen molar-refractivity contribution in [3.8, 4) is 11.3 Å². The van der Waals surface area contributed by atoms with Gasteiger partial charge in [0.05, 0.1) is 15.6 Å². The van der Waals surface area contributed by atoms with Crippen molar-refractivity contribution in [2.24, 2.45) is 0 Å². The van der Waals surface area contributed by atoms with E-state index in [1.54, 1.807) is 53.2 Å². The summed E-state index contributed by atoms with van der Waals surface area (Å²) < 4.78 is 29.2. The number of sulfonamides is 1. The van der Waals surface area contributed by atoms with E-state index in [2.05, 4.69) is 15.1 Å². The van der Waals surface area contributed by atoms with E-state index in [1.165, 1.54) is 4.31 Å². The van der Waals surface area contributed by atoms with Crippen molar-refractivity contribution >= 4 is 45.0 Å². The molecule has 1 aliphatic rings. The summed E-state index contributed by atoms with van der Waals surface area (Å²) >= 11 is 12.6. The predicted octanol–water partition coefficient (Wildman–Crippen LogP) is 3.92. The second-order valence-electron chi connectivity index (χ2n) is 7.79. The van der Waals surface area contributed by atoms with Crippen molar-refractivity contribution in [1.82, 2.24) is 23.9 Å². The van der Waals surface area contributed by atoms with Gasteiger partial charge in [-0.05, 0) is 48.9 Å². The standard InChI is InChI=1S/C22H20Cl2N6O2S/c1-15-3-2-4-17(13-15)33(31,32)29-11-9-28(10-12-29)22-26-21-25-8-7-20(30(21)27-22)18-14-16(23)5-6-19(18)24/h2-8,13-14H,9-12H2,1H3. The summed E-state index contributed by atoms with van der Waals surface area (Å²) in [5.41, 5.74) is 2.35. The van der Waals surface area contributed by atoms with Crippen LogP contribution in [0.2, 0.25) is 10.0 Å². The minimum Gasteiger partial charge on any atom is -0.337 e. The van der Waals surface area contributed by atoms with Crippen LogP contribution in [0.5, 0.6) is 0 Å². The molecule has 0 radical (unpaired) electrons. The molecule has 0 bridgehead atoms. The third-order valence-electron chi connectivity index (χ3n) is 5.58. The first-order chi connectivity index (χ1) is 15.8. The lowest BCUT2D eigenvalue weighted by Crippen LogP contribution is -2.49. The second-order valence-corrected chi connectivity index (χ2v) is 10.6. The van der Waals surface area contributed by atoms with Gasteiger partial charge in [-0.3, -0.25) is 0 Å². The van der Waals surface area contributed by atoms with Crippen LogP contribution in [0.4, 0.5) is 5.95 Å². The number of hydrogen-bond donors (Lipinski definition) is 0. The highest BCUT2D eigenvalue weighted by atomic mass is 35.5. The SMILES string of the molecule is Cc1cccc(S(=O)(=O)N2CCN(c3nc4nccc(-c5cc(Cl)ccc5Cl)n4n3)CC2)c1. The fourth-order valence-electron chi connectivity index (χ4n) is 3.87. The molecule has 4 aromatic rings. The minimum absolute atomic E-state index is 0.314. The Morgan fingerprint density at radius 3 is 2.52 bits per heavy atom. The van der Waals surface area contributed by atoms with Crippen LogP contribution in [0.3, 0.4) is 0 Å². The van der Waals surface area contributed by atoms with Gasteiger partial charge in [-0.1, -0.05) is 35.3 Å². The van der Waals surface area contributed by atoms with Gasteiger partial charge in [-0.25, -0.2) is 13.4 Å². The number of hydrogen-bond acceptors (Lipinski definition) is 6. The molecule has 0 spiro atoms. The maximum absolute atomic E-state index is 13.0. The summed E-state index contributed by atoms with van der Waals surface area (Å²) in [7, 11) is -3.55. The average molecular weight is 503 g/mol. The van der Waals surface area contributed by atoms with E-state index in [4.69, 9.17) is 23.2 Å². The number of benzene rings is 2. The van der Waals surface area contributed by atoms with E-state index >= 15 is 0 Å². The fourth-order valence-corrected chi connectivity index (χ4v) is 5.78. The summed E-state index contributed by atoms with van der Waals surface area (Å²) in [6.07, 6.45) is 1.65. The van der Waals surface area contributed by atoms with Crippen molar-refractivity contribution < 1.29 is 8.42 Å². The summed E-state index contributed by atoms with van der Waals surface area (Å²) in [5.74, 6) is 0.911. The van der Waals surface area contributed by atoms with Crippen LogP contribution in [0.1, 0.15) is 5.56 Å². The molecule has 5 rings (SSSR count). The number of anilines is 1. The lowest BCUT2D eigenvalue weighted by atomic mass is 10.1. The molecule has 1 aliphatic heterocycles. The van der Waals surface area contributed by atoms with Crippen LogP contribution in [0, 0.1) is 6.92 Å². The molecule has 2 aromatic carbocycles. The minimum atomic E-state index is -3.55. The number of piperazine rings is 1. The monoisotopic (exact) mass is 502 g/mol. The van der Waals surface area contributed by atoms with Gasteiger partial charge in [0.25, 0.3) is 5.78 Å². The highest BCUT2D eigenvalue weighted by Gasteiger charge is 2.30. The Labute approximate surface area is 201 Å². The zero-order valence-electron chi connectivity index (χ0n) is 17.7. The third kappa shape index (κ3) is 4.17. The van der Waals surface area contributed by atoms with Gasteiger partial charge in [0.1, 0.15) is 0 Å². The Balaban J connectivity index is 1.40. The summed E-state index contributed by atoms with van der Waals surface area (Å²) in [4.78, 5) is 11.1. The Kier molecular flexibility index (Phi) is 5.74. The smallest absolute Gasteiger partial charge is 0.254 e. The average Bonchev–Trinajstić information content (AvgIpc) is 3.25. The third-order valence-corrected chi connectivity index (χ3v) is 8.04. The molecule has 8 nitrogen and oxygen atoms in total. The van der Waals surface area contributed by atoms with E-state index < -0.39 is 10.0 Å². The summed E-state index contributed by atoms with van der Waals surface area (Å²) in [5, 5.41) is 5.74. The highest BCUT2D eigenvalue weighted by molar-refractivity contribution is 7.89. The maximum atomic E-state index is 13.0. The highest BCUT2D eigenvalue weighted by Crippen LogP contribution is 2.31. The van der Waals surface area contributed by atoms with E-state index in [1.807, 2.05) is 17.9 Å². The first-order valence-corrected chi connectivity index (χ1v) is 12.5. The van der Waals surface area contributed by atoms with E-state index in [0.717, 1.165) is 11.1 Å². The molecule has 0 saturated carbocycles. The molecule has 0 aliphatic carbocycles. The Bertz CT molecular complexity index is 1450. The number of fused-ring (bicyclic) bond motifs is 1. The van der Waals surface area contributed by atoms with Crippen LogP contribution in [-0.2, 0) is 10.0 Å². The van der Waals surface area contributed by atoms with E-state index in [0.29, 0.717) is 58.5 Å². The molecular weight excluding hydrogens is 483 g/mol. The first kappa shape index (κ1) is 22.1. The van der Waals surface area contributed by atoms with E-state index in [9.17, 15) is 8.42 Å². The molecule has 0 amide bonds. The summed E-state index contributed by atoms with van der Waals surface area (Å²) in [6, 6.07) is 14.0. The normalized spacial score (nSPS) is 15.3. The Morgan fingerprint density at radius 2 is 1.76 bits per heavy atom. The quantitative estimate of drug-likeness (QED) is 0.420. The van der Waals surface area contributed by atoms with Gasteiger partial charge in [0.2, 0.25) is 16.0 Å². The van der Waals surface area contributed by atoms with Gasteiger partial charge < -0.3 is 4.90 Å². The number of nitrogens with zero attached hydrogens (tertiary/aromatic N) is 6. The number of aryl methyl sites for hydroxylation is 1. The number of aromatic nitrogens is 4. The van der Waals surface area contributed by atoms with Crippen molar-refractivity contribution in [2.45, 2.75) is 11.8 Å². The maximum Gasteiger partial charge on any atom is 0.254 e. The zero-order valence-corrected chi connectivity index (χ0v) is 20.0. The fraction of sp³-hybridized carbons (Fsp3) is 0.227. The number of halogens is 2.